The molecule has 0 aliphatic carbocycles. The largest absolute Gasteiger partial charge is 0.339 e. The summed E-state index contributed by atoms with van der Waals surface area (Å²) in [5, 5.41) is 1.08. The SMILES string of the molecule is CC(=O)Cc1cccc(-c2ccnc3[nH]c(-c4ccc5c(c4)CN=C5)cc23)c1. The van der Waals surface area contributed by atoms with Crippen LogP contribution in [0.1, 0.15) is 23.6 Å². The number of pyridine rings is 1. The molecule has 0 saturated heterocycles. The molecule has 0 atom stereocenters. The standard InChI is InChI=1S/C24H19N3O/c1-15(28)9-16-3-2-4-17(10-16)21-7-8-26-24-22(21)12-23(27-24)18-5-6-19-13-25-14-20(19)11-18/h2-8,10-13H,9,14H2,1H3,(H,26,27). The van der Waals surface area contributed by atoms with Gasteiger partial charge in [0, 0.05) is 29.9 Å². The number of carbonyl (C=O) groups excluding carboxylic acids is 1. The van der Waals surface area contributed by atoms with Gasteiger partial charge >= 0.3 is 0 Å². The highest BCUT2D eigenvalue weighted by molar-refractivity contribution is 5.96. The lowest BCUT2D eigenvalue weighted by atomic mass is 9.99. The van der Waals surface area contributed by atoms with Crippen molar-refractivity contribution < 1.29 is 4.79 Å². The van der Waals surface area contributed by atoms with Crippen molar-refractivity contribution in [3.63, 3.8) is 0 Å². The Bertz CT molecular complexity index is 1250. The third-order valence-corrected chi connectivity index (χ3v) is 5.17. The van der Waals surface area contributed by atoms with Crippen LogP contribution in [0.15, 0.2) is 65.8 Å². The average molecular weight is 365 g/mol. The van der Waals surface area contributed by atoms with E-state index >= 15 is 0 Å². The number of aliphatic imine (C=N–C) groups is 1. The Morgan fingerprint density at radius 1 is 1.07 bits per heavy atom. The fourth-order valence-electron chi connectivity index (χ4n) is 3.85. The van der Waals surface area contributed by atoms with E-state index in [-0.39, 0.29) is 5.78 Å². The number of rotatable bonds is 4. The van der Waals surface area contributed by atoms with Gasteiger partial charge in [0.1, 0.15) is 11.4 Å². The van der Waals surface area contributed by atoms with E-state index in [0.717, 1.165) is 45.5 Å². The Hall–Kier alpha value is -3.53. The van der Waals surface area contributed by atoms with Gasteiger partial charge in [-0.3, -0.25) is 9.79 Å². The van der Waals surface area contributed by atoms with E-state index in [1.54, 1.807) is 6.92 Å². The number of hydrogen-bond acceptors (Lipinski definition) is 3. The summed E-state index contributed by atoms with van der Waals surface area (Å²) in [5.74, 6) is 0.168. The number of Topliss-reactive ketones (excluding diaryl/α,β-unsaturated/α-hetero) is 1. The van der Waals surface area contributed by atoms with Crippen molar-refractivity contribution in [2.24, 2.45) is 4.99 Å². The lowest BCUT2D eigenvalue weighted by Gasteiger charge is -2.05. The molecule has 0 spiro atoms. The van der Waals surface area contributed by atoms with Crippen molar-refractivity contribution in [2.75, 3.05) is 0 Å². The van der Waals surface area contributed by atoms with Crippen LogP contribution in [-0.2, 0) is 17.8 Å². The summed E-state index contributed by atoms with van der Waals surface area (Å²) >= 11 is 0. The third kappa shape index (κ3) is 2.93. The monoisotopic (exact) mass is 365 g/mol. The predicted octanol–water partition coefficient (Wildman–Crippen LogP) is 4.96. The van der Waals surface area contributed by atoms with Gasteiger partial charge in [0.25, 0.3) is 0 Å². The van der Waals surface area contributed by atoms with E-state index in [9.17, 15) is 4.79 Å². The van der Waals surface area contributed by atoms with Gasteiger partial charge in [-0.15, -0.1) is 0 Å². The van der Waals surface area contributed by atoms with E-state index in [0.29, 0.717) is 6.42 Å². The predicted molar refractivity (Wildman–Crippen MR) is 113 cm³/mol. The molecule has 3 heterocycles. The van der Waals surface area contributed by atoms with Crippen LogP contribution < -0.4 is 0 Å². The number of benzene rings is 2. The first kappa shape index (κ1) is 16.6. The van der Waals surface area contributed by atoms with E-state index in [1.807, 2.05) is 30.6 Å². The molecule has 2 aromatic heterocycles. The molecule has 0 amide bonds. The summed E-state index contributed by atoms with van der Waals surface area (Å²) in [6.07, 6.45) is 4.21. The van der Waals surface area contributed by atoms with Gasteiger partial charge in [-0.25, -0.2) is 4.98 Å². The van der Waals surface area contributed by atoms with Crippen LogP contribution in [0, 0.1) is 0 Å². The maximum Gasteiger partial charge on any atom is 0.138 e. The van der Waals surface area contributed by atoms with Crippen molar-refractivity contribution >= 4 is 23.0 Å². The molecule has 0 unspecified atom stereocenters. The minimum absolute atomic E-state index is 0.168. The Balaban J connectivity index is 1.59. The minimum Gasteiger partial charge on any atom is -0.339 e. The van der Waals surface area contributed by atoms with Gasteiger partial charge in [0.2, 0.25) is 0 Å². The first-order chi connectivity index (χ1) is 13.7. The fourth-order valence-corrected chi connectivity index (χ4v) is 3.85. The normalized spacial score (nSPS) is 12.5. The Labute approximate surface area is 163 Å². The van der Waals surface area contributed by atoms with E-state index in [1.165, 1.54) is 11.1 Å². The molecule has 136 valence electrons. The Morgan fingerprint density at radius 3 is 2.89 bits per heavy atom. The van der Waals surface area contributed by atoms with Gasteiger partial charge in [-0.05, 0) is 58.5 Å². The number of ketones is 1. The number of fused-ring (bicyclic) bond motifs is 2. The topological polar surface area (TPSA) is 58.1 Å². The van der Waals surface area contributed by atoms with Gasteiger partial charge in [-0.1, -0.05) is 36.4 Å². The Morgan fingerprint density at radius 2 is 2.00 bits per heavy atom. The van der Waals surface area contributed by atoms with Crippen molar-refractivity contribution in [3.8, 4) is 22.4 Å². The second kappa shape index (κ2) is 6.57. The lowest BCUT2D eigenvalue weighted by Crippen LogP contribution is -1.96. The molecule has 4 aromatic rings. The molecular formula is C24H19N3O. The molecule has 0 fully saturated rings. The number of carbonyl (C=O) groups is 1. The molecule has 5 rings (SSSR count). The smallest absolute Gasteiger partial charge is 0.138 e. The zero-order valence-corrected chi connectivity index (χ0v) is 15.6. The maximum absolute atomic E-state index is 11.5. The van der Waals surface area contributed by atoms with Crippen molar-refractivity contribution in [2.45, 2.75) is 19.9 Å². The quantitative estimate of drug-likeness (QED) is 0.556. The summed E-state index contributed by atoms with van der Waals surface area (Å²) in [6.45, 7) is 2.37. The van der Waals surface area contributed by atoms with Gasteiger partial charge in [0.15, 0.2) is 0 Å². The molecule has 4 nitrogen and oxygen atoms in total. The minimum atomic E-state index is 0.168. The van der Waals surface area contributed by atoms with Crippen LogP contribution in [-0.4, -0.2) is 22.0 Å². The fraction of sp³-hybridized carbons (Fsp3) is 0.125. The first-order valence-electron chi connectivity index (χ1n) is 9.37. The highest BCUT2D eigenvalue weighted by atomic mass is 16.1. The molecule has 2 aromatic carbocycles. The van der Waals surface area contributed by atoms with Crippen LogP contribution in [0.5, 0.6) is 0 Å². The van der Waals surface area contributed by atoms with Crippen LogP contribution in [0.2, 0.25) is 0 Å². The molecule has 1 N–H and O–H groups in total. The van der Waals surface area contributed by atoms with E-state index < -0.39 is 0 Å². The third-order valence-electron chi connectivity index (χ3n) is 5.17. The zero-order chi connectivity index (χ0) is 19.1. The van der Waals surface area contributed by atoms with Crippen molar-refractivity contribution in [3.05, 3.63) is 77.5 Å². The maximum atomic E-state index is 11.5. The molecule has 1 aliphatic rings. The average Bonchev–Trinajstić information content (AvgIpc) is 3.33. The molecule has 0 radical (unpaired) electrons. The number of nitrogens with one attached hydrogen (secondary N) is 1. The number of nitrogens with zero attached hydrogens (tertiary/aromatic N) is 2. The van der Waals surface area contributed by atoms with Gasteiger partial charge in [-0.2, -0.15) is 0 Å². The molecule has 0 bridgehead atoms. The van der Waals surface area contributed by atoms with Gasteiger partial charge in [0.05, 0.1) is 6.54 Å². The van der Waals surface area contributed by atoms with Gasteiger partial charge < -0.3 is 4.98 Å². The van der Waals surface area contributed by atoms with Crippen molar-refractivity contribution in [1.82, 2.24) is 9.97 Å². The summed E-state index contributed by atoms with van der Waals surface area (Å²) < 4.78 is 0. The number of aromatic nitrogens is 2. The number of hydrogen-bond donors (Lipinski definition) is 1. The summed E-state index contributed by atoms with van der Waals surface area (Å²) in [4.78, 5) is 23.8. The Kier molecular flexibility index (Phi) is 3.90. The summed E-state index contributed by atoms with van der Waals surface area (Å²) in [6, 6.07) is 18.8. The molecule has 28 heavy (non-hydrogen) atoms. The highest BCUT2D eigenvalue weighted by Crippen LogP contribution is 2.32. The zero-order valence-electron chi connectivity index (χ0n) is 15.6. The van der Waals surface area contributed by atoms with Crippen LogP contribution in [0.3, 0.4) is 0 Å². The van der Waals surface area contributed by atoms with Crippen LogP contribution >= 0.6 is 0 Å². The first-order valence-corrected chi connectivity index (χ1v) is 9.37. The van der Waals surface area contributed by atoms with E-state index in [2.05, 4.69) is 51.4 Å². The molecule has 4 heteroatoms. The second-order valence-corrected chi connectivity index (χ2v) is 7.27. The molecule has 1 aliphatic heterocycles. The van der Waals surface area contributed by atoms with Crippen molar-refractivity contribution in [1.29, 1.82) is 0 Å². The highest BCUT2D eigenvalue weighted by Gasteiger charge is 2.13. The number of aromatic amines is 1. The van der Waals surface area contributed by atoms with Crippen LogP contribution in [0.25, 0.3) is 33.4 Å². The molecular weight excluding hydrogens is 346 g/mol. The molecule has 0 saturated carbocycles. The van der Waals surface area contributed by atoms with Crippen LogP contribution in [0.4, 0.5) is 0 Å². The summed E-state index contributed by atoms with van der Waals surface area (Å²) in [7, 11) is 0. The van der Waals surface area contributed by atoms with E-state index in [4.69, 9.17) is 0 Å². The number of H-pyrrole nitrogens is 1. The second-order valence-electron chi connectivity index (χ2n) is 7.27. The summed E-state index contributed by atoms with van der Waals surface area (Å²) in [5.41, 5.74) is 8.73. The lowest BCUT2D eigenvalue weighted by molar-refractivity contribution is -0.116.